The van der Waals surface area contributed by atoms with Crippen LogP contribution in [0.15, 0.2) is 69.7 Å². The molecule has 0 aliphatic carbocycles. The van der Waals surface area contributed by atoms with Crippen LogP contribution in [0.1, 0.15) is 32.4 Å². The molecule has 0 fully saturated rings. The number of rotatable bonds is 4. The molecule has 1 amide bonds. The third-order valence-electron chi connectivity index (χ3n) is 5.41. The number of carbonyl (C=O) groups is 2. The minimum atomic E-state index is -0.771. The minimum Gasteiger partial charge on any atom is -0.503 e. The molecule has 0 saturated carbocycles. The summed E-state index contributed by atoms with van der Waals surface area (Å²) in [6.45, 7) is 4.00. The van der Waals surface area contributed by atoms with Crippen LogP contribution < -0.4 is 4.90 Å². The van der Waals surface area contributed by atoms with Crippen LogP contribution >= 0.6 is 38.6 Å². The maximum absolute atomic E-state index is 13.3. The van der Waals surface area contributed by atoms with Gasteiger partial charge in [0.1, 0.15) is 0 Å². The molecule has 1 aliphatic heterocycles. The first-order valence-electron chi connectivity index (χ1n) is 9.83. The van der Waals surface area contributed by atoms with Gasteiger partial charge in [0.05, 0.1) is 26.7 Å². The number of thiazole rings is 1. The van der Waals surface area contributed by atoms with E-state index in [1.54, 1.807) is 17.5 Å². The van der Waals surface area contributed by atoms with E-state index in [0.29, 0.717) is 10.0 Å². The third-order valence-corrected chi connectivity index (χ3v) is 7.81. The monoisotopic (exact) mass is 524 g/mol. The van der Waals surface area contributed by atoms with E-state index < -0.39 is 17.7 Å². The predicted molar refractivity (Wildman–Crippen MR) is 132 cm³/mol. The molecule has 0 radical (unpaired) electrons. The number of halogens is 1. The Balaban J connectivity index is 1.70. The van der Waals surface area contributed by atoms with Crippen molar-refractivity contribution in [2.24, 2.45) is 0 Å². The van der Waals surface area contributed by atoms with Gasteiger partial charge in [-0.15, -0.1) is 11.3 Å². The molecule has 2 aromatic heterocycles. The molecule has 3 heterocycles. The Morgan fingerprint density at radius 1 is 1.16 bits per heavy atom. The fourth-order valence-electron chi connectivity index (χ4n) is 4.00. The second-order valence-corrected chi connectivity index (χ2v) is 10.5. The standard InChI is InChI=1S/C24H17BrN2O3S2/c1-12-10-13(2)19-17(11-12)32-24(26-19)27-20(14-5-7-15(25)8-6-14)18(22(29)23(27)30)21(28)16-4-3-9-31-16/h3-11,20,29H,1-2H3/t20-/m1/s1. The molecule has 160 valence electrons. The fourth-order valence-corrected chi connectivity index (χ4v) is 6.11. The van der Waals surface area contributed by atoms with Crippen LogP contribution in [-0.4, -0.2) is 21.8 Å². The number of nitrogens with zero attached hydrogens (tertiary/aromatic N) is 2. The number of Topliss-reactive ketones (excluding diaryl/α,β-unsaturated/α-hetero) is 1. The van der Waals surface area contributed by atoms with Gasteiger partial charge in [-0.25, -0.2) is 4.98 Å². The van der Waals surface area contributed by atoms with Gasteiger partial charge < -0.3 is 5.11 Å². The molecule has 1 N–H and O–H groups in total. The van der Waals surface area contributed by atoms with Crippen molar-refractivity contribution in [3.63, 3.8) is 0 Å². The van der Waals surface area contributed by atoms with Gasteiger partial charge in [-0.1, -0.05) is 51.5 Å². The van der Waals surface area contributed by atoms with Gasteiger partial charge in [-0.05, 0) is 60.2 Å². The Morgan fingerprint density at radius 2 is 1.91 bits per heavy atom. The van der Waals surface area contributed by atoms with Crippen LogP contribution in [0, 0.1) is 13.8 Å². The molecule has 1 atom stereocenters. The highest BCUT2D eigenvalue weighted by Crippen LogP contribution is 2.45. The maximum atomic E-state index is 13.3. The lowest BCUT2D eigenvalue weighted by molar-refractivity contribution is -0.117. The van der Waals surface area contributed by atoms with E-state index >= 15 is 0 Å². The number of aromatic nitrogens is 1. The zero-order chi connectivity index (χ0) is 22.6. The zero-order valence-corrected chi connectivity index (χ0v) is 20.3. The number of anilines is 1. The summed E-state index contributed by atoms with van der Waals surface area (Å²) in [5.41, 5.74) is 3.73. The van der Waals surface area contributed by atoms with E-state index in [1.807, 2.05) is 50.2 Å². The second-order valence-electron chi connectivity index (χ2n) is 7.62. The van der Waals surface area contributed by atoms with Crippen LogP contribution in [0.5, 0.6) is 0 Å². The Morgan fingerprint density at radius 3 is 2.59 bits per heavy atom. The Bertz CT molecular complexity index is 1410. The molecule has 1 aliphatic rings. The Kier molecular flexibility index (Phi) is 5.23. The van der Waals surface area contributed by atoms with E-state index in [1.165, 1.54) is 27.6 Å². The van der Waals surface area contributed by atoms with Crippen molar-refractivity contribution in [1.82, 2.24) is 4.98 Å². The number of benzene rings is 2. The molecular weight excluding hydrogens is 508 g/mol. The number of carbonyl (C=O) groups excluding carboxylic acids is 2. The second kappa shape index (κ2) is 7.95. The highest BCUT2D eigenvalue weighted by Gasteiger charge is 2.46. The van der Waals surface area contributed by atoms with Gasteiger partial charge in [0, 0.05) is 4.47 Å². The molecule has 0 spiro atoms. The van der Waals surface area contributed by atoms with Crippen LogP contribution in [-0.2, 0) is 4.79 Å². The molecule has 0 bridgehead atoms. The van der Waals surface area contributed by atoms with Crippen LogP contribution in [0.4, 0.5) is 5.13 Å². The normalized spacial score (nSPS) is 16.4. The van der Waals surface area contributed by atoms with Gasteiger partial charge in [0.2, 0.25) is 5.78 Å². The Labute approximate surface area is 200 Å². The van der Waals surface area contributed by atoms with Crippen LogP contribution in [0.3, 0.4) is 0 Å². The number of hydrogen-bond donors (Lipinski definition) is 1. The first-order chi connectivity index (χ1) is 15.3. The van der Waals surface area contributed by atoms with E-state index in [-0.39, 0.29) is 11.4 Å². The lowest BCUT2D eigenvalue weighted by Gasteiger charge is -2.24. The van der Waals surface area contributed by atoms with Gasteiger partial charge in [0.15, 0.2) is 10.9 Å². The molecule has 2 aromatic carbocycles. The van der Waals surface area contributed by atoms with E-state index in [2.05, 4.69) is 15.9 Å². The number of aliphatic hydroxyl groups is 1. The number of amides is 1. The molecule has 32 heavy (non-hydrogen) atoms. The number of ketones is 1. The first kappa shape index (κ1) is 21.1. The number of aryl methyl sites for hydroxylation is 2. The fraction of sp³-hybridized carbons (Fsp3) is 0.125. The highest BCUT2D eigenvalue weighted by atomic mass is 79.9. The molecule has 5 nitrogen and oxygen atoms in total. The van der Waals surface area contributed by atoms with Crippen molar-refractivity contribution in [2.75, 3.05) is 4.90 Å². The molecule has 0 saturated heterocycles. The van der Waals surface area contributed by atoms with Crippen molar-refractivity contribution in [2.45, 2.75) is 19.9 Å². The summed E-state index contributed by atoms with van der Waals surface area (Å²) in [4.78, 5) is 33.3. The summed E-state index contributed by atoms with van der Waals surface area (Å²) in [6, 6.07) is 14.2. The quantitative estimate of drug-likeness (QED) is 0.308. The van der Waals surface area contributed by atoms with Crippen LogP contribution in [0.25, 0.3) is 10.2 Å². The van der Waals surface area contributed by atoms with Gasteiger partial charge in [-0.3, -0.25) is 14.5 Å². The SMILES string of the molecule is Cc1cc(C)c2nc(N3C(=O)C(O)=C(C(=O)c4cccs4)[C@H]3c3ccc(Br)cc3)sc2c1. The number of thiophene rings is 1. The predicted octanol–water partition coefficient (Wildman–Crippen LogP) is 6.52. The smallest absolute Gasteiger partial charge is 0.296 e. The van der Waals surface area contributed by atoms with Gasteiger partial charge in [-0.2, -0.15) is 0 Å². The van der Waals surface area contributed by atoms with Crippen molar-refractivity contribution in [3.05, 3.63) is 91.3 Å². The average Bonchev–Trinajstić information content (AvgIpc) is 3.48. The summed E-state index contributed by atoms with van der Waals surface area (Å²) in [5, 5.41) is 13.1. The van der Waals surface area contributed by atoms with Crippen molar-refractivity contribution in [1.29, 1.82) is 0 Å². The third kappa shape index (κ3) is 3.39. The van der Waals surface area contributed by atoms with Gasteiger partial charge >= 0.3 is 0 Å². The number of fused-ring (bicyclic) bond motifs is 1. The topological polar surface area (TPSA) is 70.5 Å². The number of hydrogen-bond acceptors (Lipinski definition) is 6. The lowest BCUT2D eigenvalue weighted by Crippen LogP contribution is -2.30. The van der Waals surface area contributed by atoms with E-state index in [9.17, 15) is 14.7 Å². The minimum absolute atomic E-state index is 0.0759. The summed E-state index contributed by atoms with van der Waals surface area (Å²) >= 11 is 6.09. The summed E-state index contributed by atoms with van der Waals surface area (Å²) in [7, 11) is 0. The first-order valence-corrected chi connectivity index (χ1v) is 12.3. The summed E-state index contributed by atoms with van der Waals surface area (Å²) in [5.74, 6) is -1.50. The Hall–Kier alpha value is -2.81. The summed E-state index contributed by atoms with van der Waals surface area (Å²) in [6.07, 6.45) is 0. The molecular formula is C24H17BrN2O3S2. The molecule has 0 unspecified atom stereocenters. The largest absolute Gasteiger partial charge is 0.503 e. The van der Waals surface area contributed by atoms with E-state index in [0.717, 1.165) is 31.4 Å². The van der Waals surface area contributed by atoms with Crippen molar-refractivity contribution >= 4 is 65.6 Å². The summed E-state index contributed by atoms with van der Waals surface area (Å²) < 4.78 is 1.83. The van der Waals surface area contributed by atoms with Crippen molar-refractivity contribution < 1.29 is 14.7 Å². The molecule has 8 heteroatoms. The van der Waals surface area contributed by atoms with Crippen molar-refractivity contribution in [3.8, 4) is 0 Å². The maximum Gasteiger partial charge on any atom is 0.296 e. The van der Waals surface area contributed by atoms with Crippen LogP contribution in [0.2, 0.25) is 0 Å². The van der Waals surface area contributed by atoms with E-state index in [4.69, 9.17) is 4.98 Å². The lowest BCUT2D eigenvalue weighted by atomic mass is 9.96. The molecule has 5 rings (SSSR count). The zero-order valence-electron chi connectivity index (χ0n) is 17.1. The highest BCUT2D eigenvalue weighted by molar-refractivity contribution is 9.10. The molecule has 4 aromatic rings. The van der Waals surface area contributed by atoms with Gasteiger partial charge in [0.25, 0.3) is 5.91 Å². The number of aliphatic hydroxyl groups excluding tert-OH is 1. The average molecular weight is 525 g/mol.